The SMILES string of the molecule is FC(F)Oc1ccc(C2OCCO2)cc1. The van der Waals surface area contributed by atoms with Gasteiger partial charge in [0.05, 0.1) is 13.2 Å². The number of hydrogen-bond donors (Lipinski definition) is 0. The highest BCUT2D eigenvalue weighted by Crippen LogP contribution is 2.25. The molecular weight excluding hydrogens is 206 g/mol. The van der Waals surface area contributed by atoms with Crippen LogP contribution in [0.1, 0.15) is 11.9 Å². The standard InChI is InChI=1S/C10H10F2O3/c11-10(12)15-8-3-1-7(2-4-8)9-13-5-6-14-9/h1-4,9-10H,5-6H2. The summed E-state index contributed by atoms with van der Waals surface area (Å²) in [4.78, 5) is 0. The monoisotopic (exact) mass is 216 g/mol. The Morgan fingerprint density at radius 3 is 2.27 bits per heavy atom. The molecule has 1 aromatic rings. The number of benzene rings is 1. The smallest absolute Gasteiger partial charge is 0.387 e. The molecule has 0 unspecified atom stereocenters. The first-order valence-electron chi connectivity index (χ1n) is 4.54. The topological polar surface area (TPSA) is 27.7 Å². The van der Waals surface area contributed by atoms with Crippen molar-refractivity contribution < 1.29 is 23.0 Å². The maximum Gasteiger partial charge on any atom is 0.387 e. The summed E-state index contributed by atoms with van der Waals surface area (Å²) in [5.74, 6) is 0.131. The molecule has 1 fully saturated rings. The van der Waals surface area contributed by atoms with Gasteiger partial charge in [-0.15, -0.1) is 0 Å². The van der Waals surface area contributed by atoms with E-state index in [0.717, 1.165) is 5.56 Å². The zero-order valence-electron chi connectivity index (χ0n) is 7.86. The van der Waals surface area contributed by atoms with Crippen LogP contribution in [-0.2, 0) is 9.47 Å². The lowest BCUT2D eigenvalue weighted by atomic mass is 10.2. The predicted molar refractivity (Wildman–Crippen MR) is 47.7 cm³/mol. The molecule has 0 amide bonds. The first-order valence-corrected chi connectivity index (χ1v) is 4.54. The summed E-state index contributed by atoms with van der Waals surface area (Å²) < 4.78 is 38.4. The highest BCUT2D eigenvalue weighted by Gasteiger charge is 2.18. The lowest BCUT2D eigenvalue weighted by Gasteiger charge is -2.10. The van der Waals surface area contributed by atoms with Gasteiger partial charge in [0.15, 0.2) is 6.29 Å². The van der Waals surface area contributed by atoms with Gasteiger partial charge >= 0.3 is 6.61 Å². The first kappa shape index (κ1) is 10.3. The van der Waals surface area contributed by atoms with E-state index in [1.165, 1.54) is 12.1 Å². The third-order valence-electron chi connectivity index (χ3n) is 2.00. The summed E-state index contributed by atoms with van der Waals surface area (Å²) in [6.45, 7) is -1.69. The number of hydrogen-bond acceptors (Lipinski definition) is 3. The van der Waals surface area contributed by atoms with Crippen LogP contribution in [0, 0.1) is 0 Å². The summed E-state index contributed by atoms with van der Waals surface area (Å²) in [5, 5.41) is 0. The molecule has 1 heterocycles. The fourth-order valence-electron chi connectivity index (χ4n) is 1.36. The van der Waals surface area contributed by atoms with Gasteiger partial charge in [-0.1, -0.05) is 12.1 Å². The molecule has 0 aromatic heterocycles. The quantitative estimate of drug-likeness (QED) is 0.776. The van der Waals surface area contributed by atoms with Crippen molar-refractivity contribution in [2.75, 3.05) is 13.2 Å². The molecule has 82 valence electrons. The summed E-state index contributed by atoms with van der Waals surface area (Å²) in [6.07, 6.45) is -0.384. The molecule has 1 aliphatic rings. The fraction of sp³-hybridized carbons (Fsp3) is 0.400. The summed E-state index contributed by atoms with van der Waals surface area (Å²) in [5.41, 5.74) is 0.800. The minimum absolute atomic E-state index is 0.131. The second kappa shape index (κ2) is 4.55. The van der Waals surface area contributed by atoms with Crippen LogP contribution in [0.5, 0.6) is 5.75 Å². The number of rotatable bonds is 3. The Hall–Kier alpha value is -1.20. The van der Waals surface area contributed by atoms with E-state index < -0.39 is 6.61 Å². The number of alkyl halides is 2. The van der Waals surface area contributed by atoms with Crippen molar-refractivity contribution in [3.05, 3.63) is 29.8 Å². The van der Waals surface area contributed by atoms with Crippen molar-refractivity contribution in [2.24, 2.45) is 0 Å². The second-order valence-corrected chi connectivity index (χ2v) is 3.02. The van der Waals surface area contributed by atoms with Crippen LogP contribution in [-0.4, -0.2) is 19.8 Å². The summed E-state index contributed by atoms with van der Waals surface area (Å²) in [6, 6.07) is 6.22. The summed E-state index contributed by atoms with van der Waals surface area (Å²) in [7, 11) is 0. The maximum absolute atomic E-state index is 11.9. The zero-order chi connectivity index (χ0) is 10.7. The molecule has 1 aromatic carbocycles. The van der Waals surface area contributed by atoms with Crippen LogP contribution in [0.15, 0.2) is 24.3 Å². The average Bonchev–Trinajstić information content (AvgIpc) is 2.71. The average molecular weight is 216 g/mol. The molecule has 0 bridgehead atoms. The van der Waals surface area contributed by atoms with Gasteiger partial charge in [-0.25, -0.2) is 0 Å². The summed E-state index contributed by atoms with van der Waals surface area (Å²) >= 11 is 0. The number of ether oxygens (including phenoxy) is 3. The van der Waals surface area contributed by atoms with Crippen molar-refractivity contribution in [1.82, 2.24) is 0 Å². The van der Waals surface area contributed by atoms with Crippen LogP contribution in [0.2, 0.25) is 0 Å². The van der Waals surface area contributed by atoms with Crippen molar-refractivity contribution in [3.63, 3.8) is 0 Å². The molecule has 1 saturated heterocycles. The van der Waals surface area contributed by atoms with E-state index >= 15 is 0 Å². The largest absolute Gasteiger partial charge is 0.435 e. The predicted octanol–water partition coefficient (Wildman–Crippen LogP) is 2.33. The normalized spacial score (nSPS) is 17.3. The third-order valence-corrected chi connectivity index (χ3v) is 2.00. The Bertz CT molecular complexity index is 307. The van der Waals surface area contributed by atoms with Crippen LogP contribution in [0.3, 0.4) is 0 Å². The lowest BCUT2D eigenvalue weighted by molar-refractivity contribution is -0.0505. The van der Waals surface area contributed by atoms with Gasteiger partial charge in [0.1, 0.15) is 5.75 Å². The Balaban J connectivity index is 2.03. The second-order valence-electron chi connectivity index (χ2n) is 3.02. The Morgan fingerprint density at radius 1 is 1.13 bits per heavy atom. The molecule has 3 nitrogen and oxygen atoms in total. The van der Waals surface area contributed by atoms with Gasteiger partial charge in [0, 0.05) is 5.56 Å². The van der Waals surface area contributed by atoms with E-state index in [1.54, 1.807) is 12.1 Å². The molecule has 2 rings (SSSR count). The van der Waals surface area contributed by atoms with Gasteiger partial charge in [-0.2, -0.15) is 8.78 Å². The highest BCUT2D eigenvalue weighted by molar-refractivity contribution is 5.28. The molecule has 0 saturated carbocycles. The fourth-order valence-corrected chi connectivity index (χ4v) is 1.36. The molecule has 0 aliphatic carbocycles. The van der Waals surface area contributed by atoms with E-state index in [-0.39, 0.29) is 12.0 Å². The van der Waals surface area contributed by atoms with Crippen molar-refractivity contribution in [1.29, 1.82) is 0 Å². The highest BCUT2D eigenvalue weighted by atomic mass is 19.3. The molecule has 15 heavy (non-hydrogen) atoms. The molecule has 0 spiro atoms. The lowest BCUT2D eigenvalue weighted by Crippen LogP contribution is -2.02. The molecule has 1 aliphatic heterocycles. The first-order chi connectivity index (χ1) is 7.25. The minimum Gasteiger partial charge on any atom is -0.435 e. The Labute approximate surface area is 85.6 Å². The minimum atomic E-state index is -2.80. The molecule has 5 heteroatoms. The van der Waals surface area contributed by atoms with Gasteiger partial charge in [-0.3, -0.25) is 0 Å². The van der Waals surface area contributed by atoms with E-state index in [2.05, 4.69) is 4.74 Å². The van der Waals surface area contributed by atoms with Crippen molar-refractivity contribution >= 4 is 0 Å². The van der Waals surface area contributed by atoms with E-state index in [0.29, 0.717) is 13.2 Å². The molecule has 0 N–H and O–H groups in total. The van der Waals surface area contributed by atoms with Crippen LogP contribution < -0.4 is 4.74 Å². The molecular formula is C10H10F2O3. The molecule has 0 radical (unpaired) electrons. The van der Waals surface area contributed by atoms with Gasteiger partial charge in [-0.05, 0) is 12.1 Å². The van der Waals surface area contributed by atoms with Gasteiger partial charge < -0.3 is 14.2 Å². The third kappa shape index (κ3) is 2.64. The van der Waals surface area contributed by atoms with Crippen LogP contribution in [0.25, 0.3) is 0 Å². The van der Waals surface area contributed by atoms with Crippen molar-refractivity contribution in [2.45, 2.75) is 12.9 Å². The van der Waals surface area contributed by atoms with Crippen molar-refractivity contribution in [3.8, 4) is 5.75 Å². The zero-order valence-corrected chi connectivity index (χ0v) is 7.86. The van der Waals surface area contributed by atoms with E-state index in [4.69, 9.17) is 9.47 Å². The van der Waals surface area contributed by atoms with E-state index in [1.807, 2.05) is 0 Å². The number of halogens is 2. The van der Waals surface area contributed by atoms with Crippen LogP contribution in [0.4, 0.5) is 8.78 Å². The Morgan fingerprint density at radius 2 is 1.73 bits per heavy atom. The van der Waals surface area contributed by atoms with E-state index in [9.17, 15) is 8.78 Å². The van der Waals surface area contributed by atoms with Crippen LogP contribution >= 0.6 is 0 Å². The maximum atomic E-state index is 11.9. The van der Waals surface area contributed by atoms with Gasteiger partial charge in [0.25, 0.3) is 0 Å². The molecule has 0 atom stereocenters. The van der Waals surface area contributed by atoms with Gasteiger partial charge in [0.2, 0.25) is 0 Å². The Kier molecular flexibility index (Phi) is 3.13.